The molecular formula is C6H12N4O2. The molecule has 0 spiro atoms. The Kier molecular flexibility index (Phi) is 2.98. The van der Waals surface area contributed by atoms with Gasteiger partial charge < -0.3 is 15.9 Å². The van der Waals surface area contributed by atoms with Crippen molar-refractivity contribution in [3.05, 3.63) is 0 Å². The van der Waals surface area contributed by atoms with Crippen molar-refractivity contribution in [3.63, 3.8) is 0 Å². The minimum atomic E-state index is -0.260. The summed E-state index contributed by atoms with van der Waals surface area (Å²) in [6, 6.07) is -0.260. The fraction of sp³-hybridized carbons (Fsp3) is 0.833. The molecule has 1 heterocycles. The molecule has 1 aliphatic heterocycles. The molecule has 0 aromatic heterocycles. The molecule has 0 radical (unpaired) electrons. The Morgan fingerprint density at radius 2 is 2.50 bits per heavy atom. The molecule has 1 saturated heterocycles. The number of carbonyl (C=O) groups is 1. The van der Waals surface area contributed by atoms with Crippen molar-refractivity contribution in [2.45, 2.75) is 18.5 Å². The van der Waals surface area contributed by atoms with Crippen molar-refractivity contribution in [3.8, 4) is 0 Å². The predicted molar refractivity (Wildman–Crippen MR) is 41.3 cm³/mol. The molecule has 1 rings (SSSR count). The summed E-state index contributed by atoms with van der Waals surface area (Å²) in [5.41, 5.74) is 0. The first kappa shape index (κ1) is 8.92. The summed E-state index contributed by atoms with van der Waals surface area (Å²) >= 11 is 0. The lowest BCUT2D eigenvalue weighted by atomic mass is 10.2. The van der Waals surface area contributed by atoms with Crippen molar-refractivity contribution in [2.24, 2.45) is 16.2 Å². The molecule has 0 bridgehead atoms. The average molecular weight is 172 g/mol. The Labute approximate surface area is 70.1 Å². The van der Waals surface area contributed by atoms with Gasteiger partial charge in [0.1, 0.15) is 6.04 Å². The van der Waals surface area contributed by atoms with Crippen LogP contribution in [-0.4, -0.2) is 31.7 Å². The number of methoxy groups -OCH3 is 1. The molecule has 1 aliphatic rings. The Morgan fingerprint density at radius 1 is 1.75 bits per heavy atom. The van der Waals surface area contributed by atoms with Crippen LogP contribution in [-0.2, 0) is 9.53 Å². The third-order valence-corrected chi connectivity index (χ3v) is 1.82. The normalized spacial score (nSPS) is 29.4. The Hall–Kier alpha value is -1.17. The molecule has 0 aromatic rings. The summed E-state index contributed by atoms with van der Waals surface area (Å²) in [5.74, 6) is 4.62. The first-order chi connectivity index (χ1) is 5.77. The topological polar surface area (TPSA) is 89.1 Å². The van der Waals surface area contributed by atoms with Crippen LogP contribution in [0.5, 0.6) is 0 Å². The first-order valence-corrected chi connectivity index (χ1v) is 3.69. The van der Waals surface area contributed by atoms with Gasteiger partial charge in [-0.25, -0.2) is 0 Å². The number of ether oxygens (including phenoxy) is 1. The molecular weight excluding hydrogens is 160 g/mol. The third-order valence-electron chi connectivity index (χ3n) is 1.82. The zero-order valence-corrected chi connectivity index (χ0v) is 6.86. The van der Waals surface area contributed by atoms with E-state index in [-0.39, 0.29) is 18.1 Å². The van der Waals surface area contributed by atoms with Crippen molar-refractivity contribution in [1.82, 2.24) is 5.32 Å². The maximum atomic E-state index is 11.0. The second kappa shape index (κ2) is 4.01. The van der Waals surface area contributed by atoms with Crippen LogP contribution < -0.4 is 11.2 Å². The van der Waals surface area contributed by atoms with E-state index in [1.165, 1.54) is 7.11 Å². The standard InChI is InChI=1S/C6H12N4O2/c1-12-6(11)5-2-4(3-8-5)9-10-7/h4-5,8H,2-3H2,1H3,(H2,7,9)/t4-,5-/m0/s1. The largest absolute Gasteiger partial charge is 0.468 e. The van der Waals surface area contributed by atoms with E-state index in [1.807, 2.05) is 0 Å². The van der Waals surface area contributed by atoms with E-state index in [0.717, 1.165) is 0 Å². The van der Waals surface area contributed by atoms with Gasteiger partial charge in [-0.2, -0.15) is 5.11 Å². The van der Waals surface area contributed by atoms with Crippen LogP contribution in [0.2, 0.25) is 0 Å². The van der Waals surface area contributed by atoms with E-state index >= 15 is 0 Å². The predicted octanol–water partition coefficient (Wildman–Crippen LogP) is -0.784. The van der Waals surface area contributed by atoms with Gasteiger partial charge in [0.05, 0.1) is 13.2 Å². The van der Waals surface area contributed by atoms with E-state index < -0.39 is 0 Å². The molecule has 3 N–H and O–H groups in total. The summed E-state index contributed by atoms with van der Waals surface area (Å²) in [5, 5.41) is 9.85. The number of nitrogens with two attached hydrogens (primary N) is 1. The third kappa shape index (κ3) is 1.91. The van der Waals surface area contributed by atoms with E-state index in [4.69, 9.17) is 5.84 Å². The van der Waals surface area contributed by atoms with Gasteiger partial charge in [0, 0.05) is 6.54 Å². The molecule has 0 aromatic carbocycles. The summed E-state index contributed by atoms with van der Waals surface area (Å²) in [7, 11) is 1.36. The van der Waals surface area contributed by atoms with Crippen LogP contribution in [0.15, 0.2) is 10.3 Å². The van der Waals surface area contributed by atoms with E-state index in [0.29, 0.717) is 13.0 Å². The summed E-state index contributed by atoms with van der Waals surface area (Å²) in [4.78, 5) is 11.0. The van der Waals surface area contributed by atoms with Crippen molar-refractivity contribution < 1.29 is 9.53 Å². The lowest BCUT2D eigenvalue weighted by molar-refractivity contribution is -0.142. The SMILES string of the molecule is COC(=O)[C@@H]1C[C@H](N=NN)CN1. The maximum Gasteiger partial charge on any atom is 0.322 e. The molecule has 1 fully saturated rings. The lowest BCUT2D eigenvalue weighted by Crippen LogP contribution is -2.31. The van der Waals surface area contributed by atoms with E-state index in [1.54, 1.807) is 0 Å². The number of rotatable bonds is 2. The van der Waals surface area contributed by atoms with Crippen LogP contribution in [0.4, 0.5) is 0 Å². The Balaban J connectivity index is 2.40. The highest BCUT2D eigenvalue weighted by atomic mass is 16.5. The van der Waals surface area contributed by atoms with Crippen LogP contribution in [0.3, 0.4) is 0 Å². The number of esters is 1. The number of nitrogens with one attached hydrogen (secondary N) is 1. The maximum absolute atomic E-state index is 11.0. The highest BCUT2D eigenvalue weighted by Gasteiger charge is 2.29. The van der Waals surface area contributed by atoms with Crippen molar-refractivity contribution in [1.29, 1.82) is 0 Å². The van der Waals surface area contributed by atoms with Gasteiger partial charge in [-0.3, -0.25) is 4.79 Å². The Morgan fingerprint density at radius 3 is 3.08 bits per heavy atom. The highest BCUT2D eigenvalue weighted by Crippen LogP contribution is 2.10. The molecule has 0 aliphatic carbocycles. The van der Waals surface area contributed by atoms with E-state index in [2.05, 4.69) is 20.4 Å². The number of hydrogen-bond donors (Lipinski definition) is 2. The van der Waals surface area contributed by atoms with Gasteiger partial charge in [0.2, 0.25) is 0 Å². The van der Waals surface area contributed by atoms with Crippen molar-refractivity contribution in [2.75, 3.05) is 13.7 Å². The number of carbonyl (C=O) groups excluding carboxylic acids is 1. The first-order valence-electron chi connectivity index (χ1n) is 3.69. The average Bonchev–Trinajstić information content (AvgIpc) is 2.52. The quantitative estimate of drug-likeness (QED) is 0.247. The molecule has 0 saturated carbocycles. The zero-order chi connectivity index (χ0) is 8.97. The summed E-state index contributed by atoms with van der Waals surface area (Å²) in [6.07, 6.45) is 0.605. The minimum Gasteiger partial charge on any atom is -0.468 e. The molecule has 2 atom stereocenters. The van der Waals surface area contributed by atoms with Crippen LogP contribution in [0, 0.1) is 0 Å². The van der Waals surface area contributed by atoms with Gasteiger partial charge in [0.15, 0.2) is 0 Å². The van der Waals surface area contributed by atoms with Gasteiger partial charge in [0.25, 0.3) is 0 Å². The minimum absolute atomic E-state index is 0.000833. The summed E-state index contributed by atoms with van der Waals surface area (Å²) < 4.78 is 4.56. The molecule has 6 heteroatoms. The van der Waals surface area contributed by atoms with Crippen LogP contribution >= 0.6 is 0 Å². The molecule has 68 valence electrons. The van der Waals surface area contributed by atoms with Gasteiger partial charge in [-0.05, 0) is 6.42 Å². The van der Waals surface area contributed by atoms with Gasteiger partial charge in [-0.15, -0.1) is 0 Å². The second-order valence-electron chi connectivity index (χ2n) is 2.60. The van der Waals surface area contributed by atoms with Gasteiger partial charge >= 0.3 is 5.97 Å². The van der Waals surface area contributed by atoms with Crippen molar-refractivity contribution >= 4 is 5.97 Å². The lowest BCUT2D eigenvalue weighted by Gasteiger charge is -2.05. The molecule has 0 amide bonds. The zero-order valence-electron chi connectivity index (χ0n) is 6.86. The summed E-state index contributed by atoms with van der Waals surface area (Å²) in [6.45, 7) is 0.625. The smallest absolute Gasteiger partial charge is 0.322 e. The fourth-order valence-corrected chi connectivity index (χ4v) is 1.22. The molecule has 12 heavy (non-hydrogen) atoms. The van der Waals surface area contributed by atoms with E-state index in [9.17, 15) is 4.79 Å². The number of nitrogens with zero attached hydrogens (tertiary/aromatic N) is 2. The van der Waals surface area contributed by atoms with Crippen LogP contribution in [0.25, 0.3) is 0 Å². The second-order valence-corrected chi connectivity index (χ2v) is 2.60. The monoisotopic (exact) mass is 172 g/mol. The fourth-order valence-electron chi connectivity index (χ4n) is 1.22. The van der Waals surface area contributed by atoms with Gasteiger partial charge in [-0.1, -0.05) is 5.22 Å². The molecule has 0 unspecified atom stereocenters. The highest BCUT2D eigenvalue weighted by molar-refractivity contribution is 5.76. The van der Waals surface area contributed by atoms with Crippen LogP contribution in [0.1, 0.15) is 6.42 Å². The Bertz CT molecular complexity index is 194. The number of hydrogen-bond acceptors (Lipinski definition) is 5. The molecule has 6 nitrogen and oxygen atoms in total.